The number of carbonyl (C=O) groups excluding carboxylic acids is 2. The molecule has 0 fully saturated rings. The molecule has 0 aliphatic carbocycles. The maximum atomic E-state index is 12.5. The van der Waals surface area contributed by atoms with Gasteiger partial charge in [-0.25, -0.2) is 4.79 Å². The van der Waals surface area contributed by atoms with Crippen molar-refractivity contribution >= 4 is 34.2 Å². The summed E-state index contributed by atoms with van der Waals surface area (Å²) in [7, 11) is 0. The average Bonchev–Trinajstić information content (AvgIpc) is 3.10. The molecule has 0 saturated carbocycles. The number of H-pyrrole nitrogens is 1. The quantitative estimate of drug-likeness (QED) is 0.539. The van der Waals surface area contributed by atoms with E-state index >= 15 is 0 Å². The van der Waals surface area contributed by atoms with Crippen molar-refractivity contribution in [2.75, 3.05) is 17.2 Å². The number of carbonyl (C=O) groups is 2. The number of benzene rings is 2. The number of aromatic nitrogens is 2. The fourth-order valence-electron chi connectivity index (χ4n) is 2.33. The molecule has 3 rings (SSSR count). The van der Waals surface area contributed by atoms with Crippen LogP contribution in [0.3, 0.4) is 0 Å². The first kappa shape index (κ1) is 16.3. The van der Waals surface area contributed by atoms with Crippen molar-refractivity contribution in [3.8, 4) is 0 Å². The predicted molar refractivity (Wildman–Crippen MR) is 97.7 cm³/mol. The zero-order valence-corrected chi connectivity index (χ0v) is 13.4. The van der Waals surface area contributed by atoms with E-state index in [0.717, 1.165) is 5.39 Å². The topological polar surface area (TPSA) is 98.9 Å². The van der Waals surface area contributed by atoms with E-state index in [4.69, 9.17) is 0 Å². The van der Waals surface area contributed by atoms with E-state index in [2.05, 4.69) is 32.7 Å². The van der Waals surface area contributed by atoms with Gasteiger partial charge in [0.15, 0.2) is 0 Å². The summed E-state index contributed by atoms with van der Waals surface area (Å²) in [6, 6.07) is 12.0. The predicted octanol–water partition coefficient (Wildman–Crippen LogP) is 3.12. The Morgan fingerprint density at radius 3 is 2.52 bits per heavy atom. The van der Waals surface area contributed by atoms with Crippen molar-refractivity contribution in [1.82, 2.24) is 15.5 Å². The Balaban J connectivity index is 1.67. The highest BCUT2D eigenvalue weighted by molar-refractivity contribution is 6.11. The number of para-hydroxylation sites is 1. The number of aromatic amines is 1. The number of nitrogens with one attached hydrogen (secondary N) is 4. The summed E-state index contributed by atoms with van der Waals surface area (Å²) < 4.78 is 0. The third-order valence-corrected chi connectivity index (χ3v) is 3.53. The van der Waals surface area contributed by atoms with Gasteiger partial charge in [0.2, 0.25) is 0 Å². The van der Waals surface area contributed by atoms with E-state index in [-0.39, 0.29) is 11.9 Å². The lowest BCUT2D eigenvalue weighted by Crippen LogP contribution is -2.28. The number of urea groups is 1. The van der Waals surface area contributed by atoms with Crippen LogP contribution in [-0.2, 0) is 0 Å². The van der Waals surface area contributed by atoms with Gasteiger partial charge in [0.25, 0.3) is 5.91 Å². The molecule has 0 unspecified atom stereocenters. The zero-order chi connectivity index (χ0) is 17.6. The molecular formula is C18H17N5O2. The highest BCUT2D eigenvalue weighted by atomic mass is 16.2. The van der Waals surface area contributed by atoms with Crippen molar-refractivity contribution < 1.29 is 9.59 Å². The summed E-state index contributed by atoms with van der Waals surface area (Å²) in [5.41, 5.74) is 2.45. The van der Waals surface area contributed by atoms with Crippen LogP contribution in [0.4, 0.5) is 16.2 Å². The summed E-state index contributed by atoms with van der Waals surface area (Å²) in [4.78, 5) is 24.0. The number of nitrogens with zero attached hydrogens (tertiary/aromatic N) is 1. The van der Waals surface area contributed by atoms with Crippen molar-refractivity contribution in [1.29, 1.82) is 0 Å². The van der Waals surface area contributed by atoms with E-state index in [0.29, 0.717) is 29.0 Å². The molecule has 0 atom stereocenters. The van der Waals surface area contributed by atoms with Gasteiger partial charge in [0, 0.05) is 23.3 Å². The highest BCUT2D eigenvalue weighted by Gasteiger charge is 2.11. The molecule has 3 aromatic rings. The van der Waals surface area contributed by atoms with Crippen LogP contribution in [0.5, 0.6) is 0 Å². The number of fused-ring (bicyclic) bond motifs is 1. The molecule has 1 heterocycles. The Labute approximate surface area is 144 Å². The van der Waals surface area contributed by atoms with Gasteiger partial charge in [0.05, 0.1) is 17.3 Å². The summed E-state index contributed by atoms with van der Waals surface area (Å²) in [5, 5.41) is 15.8. The Kier molecular flexibility index (Phi) is 4.75. The maximum absolute atomic E-state index is 12.5. The first-order chi connectivity index (χ1) is 12.2. The van der Waals surface area contributed by atoms with Gasteiger partial charge in [-0.05, 0) is 30.3 Å². The SMILES string of the molecule is C=CCNC(=O)Nc1ccc(NC(=O)c2cccc3cn[nH]c23)cc1. The van der Waals surface area contributed by atoms with Gasteiger partial charge >= 0.3 is 6.03 Å². The van der Waals surface area contributed by atoms with Crippen LogP contribution in [0.25, 0.3) is 10.9 Å². The second kappa shape index (κ2) is 7.31. The molecule has 7 heteroatoms. The minimum Gasteiger partial charge on any atom is -0.334 e. The molecule has 7 nitrogen and oxygen atoms in total. The molecule has 1 aromatic heterocycles. The Morgan fingerprint density at radius 1 is 1.08 bits per heavy atom. The first-order valence-corrected chi connectivity index (χ1v) is 7.66. The maximum Gasteiger partial charge on any atom is 0.319 e. The number of hydrogen-bond donors (Lipinski definition) is 4. The number of anilines is 2. The molecule has 0 aliphatic heterocycles. The molecule has 0 radical (unpaired) electrons. The fourth-order valence-corrected chi connectivity index (χ4v) is 2.33. The number of hydrogen-bond acceptors (Lipinski definition) is 3. The van der Waals surface area contributed by atoms with Crippen LogP contribution in [0, 0.1) is 0 Å². The number of rotatable bonds is 5. The molecule has 0 bridgehead atoms. The molecule has 0 aliphatic rings. The van der Waals surface area contributed by atoms with Gasteiger partial charge in [-0.15, -0.1) is 6.58 Å². The molecule has 0 saturated heterocycles. The van der Waals surface area contributed by atoms with Crippen molar-refractivity contribution in [2.45, 2.75) is 0 Å². The number of amides is 3. The van der Waals surface area contributed by atoms with Crippen LogP contribution in [0.1, 0.15) is 10.4 Å². The third-order valence-electron chi connectivity index (χ3n) is 3.53. The van der Waals surface area contributed by atoms with E-state index in [1.807, 2.05) is 12.1 Å². The van der Waals surface area contributed by atoms with Gasteiger partial charge in [-0.1, -0.05) is 18.2 Å². The second-order valence-corrected chi connectivity index (χ2v) is 5.29. The first-order valence-electron chi connectivity index (χ1n) is 7.66. The molecular weight excluding hydrogens is 318 g/mol. The van der Waals surface area contributed by atoms with Crippen LogP contribution in [-0.4, -0.2) is 28.7 Å². The van der Waals surface area contributed by atoms with Gasteiger partial charge in [-0.3, -0.25) is 9.89 Å². The lowest BCUT2D eigenvalue weighted by atomic mass is 10.1. The summed E-state index contributed by atoms with van der Waals surface area (Å²) in [5.74, 6) is -0.237. The van der Waals surface area contributed by atoms with E-state index in [9.17, 15) is 9.59 Å². The van der Waals surface area contributed by atoms with Gasteiger partial charge in [0.1, 0.15) is 0 Å². The van der Waals surface area contributed by atoms with Gasteiger partial charge in [-0.2, -0.15) is 5.10 Å². The van der Waals surface area contributed by atoms with Crippen LogP contribution in [0.15, 0.2) is 61.3 Å². The minimum absolute atomic E-state index is 0.237. The Morgan fingerprint density at radius 2 is 1.80 bits per heavy atom. The second-order valence-electron chi connectivity index (χ2n) is 5.29. The van der Waals surface area contributed by atoms with E-state index in [1.54, 1.807) is 42.6 Å². The molecule has 0 spiro atoms. The average molecular weight is 335 g/mol. The van der Waals surface area contributed by atoms with Crippen LogP contribution >= 0.6 is 0 Å². The summed E-state index contributed by atoms with van der Waals surface area (Å²) in [6.45, 7) is 3.92. The largest absolute Gasteiger partial charge is 0.334 e. The standard InChI is InChI=1S/C18H17N5O2/c1-2-10-19-18(25)22-14-8-6-13(7-9-14)21-17(24)15-5-3-4-12-11-20-23-16(12)15/h2-9,11H,1,10H2,(H,20,23)(H,21,24)(H2,19,22,25). The van der Waals surface area contributed by atoms with E-state index in [1.165, 1.54) is 0 Å². The third kappa shape index (κ3) is 3.84. The molecule has 3 amide bonds. The summed E-state index contributed by atoms with van der Waals surface area (Å²) >= 11 is 0. The van der Waals surface area contributed by atoms with Gasteiger partial charge < -0.3 is 16.0 Å². The highest BCUT2D eigenvalue weighted by Crippen LogP contribution is 2.18. The molecule has 25 heavy (non-hydrogen) atoms. The van der Waals surface area contributed by atoms with Crippen LogP contribution < -0.4 is 16.0 Å². The summed E-state index contributed by atoms with van der Waals surface area (Å²) in [6.07, 6.45) is 3.27. The molecule has 126 valence electrons. The monoisotopic (exact) mass is 335 g/mol. The minimum atomic E-state index is -0.317. The van der Waals surface area contributed by atoms with E-state index < -0.39 is 0 Å². The lowest BCUT2D eigenvalue weighted by molar-refractivity contribution is 0.102. The lowest BCUT2D eigenvalue weighted by Gasteiger charge is -2.09. The van der Waals surface area contributed by atoms with Crippen molar-refractivity contribution in [3.63, 3.8) is 0 Å². The molecule has 2 aromatic carbocycles. The molecule has 4 N–H and O–H groups in total. The van der Waals surface area contributed by atoms with Crippen molar-refractivity contribution in [3.05, 3.63) is 66.9 Å². The van der Waals surface area contributed by atoms with Crippen molar-refractivity contribution in [2.24, 2.45) is 0 Å². The fraction of sp³-hybridized carbons (Fsp3) is 0.0556. The smallest absolute Gasteiger partial charge is 0.319 e. The van der Waals surface area contributed by atoms with Crippen LogP contribution in [0.2, 0.25) is 0 Å². The normalized spacial score (nSPS) is 10.2. The Bertz CT molecular complexity index is 915. The zero-order valence-electron chi connectivity index (χ0n) is 13.4. The Hall–Kier alpha value is -3.61.